The molecule has 0 amide bonds. The Morgan fingerprint density at radius 2 is 2.05 bits per heavy atom. The molecule has 0 aliphatic heterocycles. The average Bonchev–Trinajstić information content (AvgIpc) is 2.52. The van der Waals surface area contributed by atoms with Gasteiger partial charge in [-0.2, -0.15) is 0 Å². The van der Waals surface area contributed by atoms with E-state index in [9.17, 15) is 10.1 Å². The van der Waals surface area contributed by atoms with Gasteiger partial charge < -0.3 is 10.1 Å². The maximum atomic E-state index is 11.0. The fourth-order valence-electron chi connectivity index (χ4n) is 1.98. The zero-order valence-electron chi connectivity index (χ0n) is 11.8. The van der Waals surface area contributed by atoms with Gasteiger partial charge in [0.1, 0.15) is 0 Å². The molecule has 0 saturated carbocycles. The molecule has 0 aliphatic carbocycles. The number of ether oxygens (including phenoxy) is 1. The molecule has 6 heteroatoms. The van der Waals surface area contributed by atoms with Crippen LogP contribution >= 0.6 is 11.8 Å². The molecule has 0 spiro atoms. The third-order valence-electron chi connectivity index (χ3n) is 3.03. The quantitative estimate of drug-likeness (QED) is 0.497. The topological polar surface area (TPSA) is 64.4 Å². The van der Waals surface area contributed by atoms with E-state index >= 15 is 0 Å². The summed E-state index contributed by atoms with van der Waals surface area (Å²) in [5.41, 5.74) is 1.83. The molecule has 2 aromatic carbocycles. The highest BCUT2D eigenvalue weighted by atomic mass is 32.2. The number of anilines is 1. The van der Waals surface area contributed by atoms with Gasteiger partial charge >= 0.3 is 5.69 Å². The summed E-state index contributed by atoms with van der Waals surface area (Å²) in [6, 6.07) is 12.9. The van der Waals surface area contributed by atoms with Crippen molar-refractivity contribution in [2.45, 2.75) is 11.4 Å². The fraction of sp³-hybridized carbons (Fsp3) is 0.200. The summed E-state index contributed by atoms with van der Waals surface area (Å²) < 4.78 is 5.00. The molecule has 0 radical (unpaired) electrons. The molecule has 5 nitrogen and oxygen atoms in total. The molecule has 0 aromatic heterocycles. The van der Waals surface area contributed by atoms with E-state index in [1.807, 2.05) is 36.6 Å². The number of nitrogens with zero attached hydrogens (tertiary/aromatic N) is 1. The first-order valence-electron chi connectivity index (χ1n) is 6.34. The molecule has 0 bridgehead atoms. The highest BCUT2D eigenvalue weighted by molar-refractivity contribution is 7.98. The molecule has 0 atom stereocenters. The summed E-state index contributed by atoms with van der Waals surface area (Å²) in [5, 5.41) is 14.3. The number of para-hydroxylation sites is 1. The van der Waals surface area contributed by atoms with Crippen LogP contribution in [0.2, 0.25) is 0 Å². The SMILES string of the molecule is COc1ccc(CNc2ccccc2SC)cc1[N+](=O)[O-]. The van der Waals surface area contributed by atoms with Crippen molar-refractivity contribution in [2.75, 3.05) is 18.7 Å². The summed E-state index contributed by atoms with van der Waals surface area (Å²) >= 11 is 1.65. The van der Waals surface area contributed by atoms with Crippen LogP contribution in [0.25, 0.3) is 0 Å². The first kappa shape index (κ1) is 15.2. The first-order valence-corrected chi connectivity index (χ1v) is 7.56. The van der Waals surface area contributed by atoms with Gasteiger partial charge in [-0.3, -0.25) is 10.1 Å². The fourth-order valence-corrected chi connectivity index (χ4v) is 2.55. The highest BCUT2D eigenvalue weighted by Gasteiger charge is 2.15. The lowest BCUT2D eigenvalue weighted by Gasteiger charge is -2.11. The number of thioether (sulfide) groups is 1. The van der Waals surface area contributed by atoms with E-state index in [1.54, 1.807) is 17.8 Å². The van der Waals surface area contributed by atoms with Crippen LogP contribution in [-0.4, -0.2) is 18.3 Å². The molecule has 2 rings (SSSR count). The van der Waals surface area contributed by atoms with E-state index < -0.39 is 4.92 Å². The van der Waals surface area contributed by atoms with Crippen molar-refractivity contribution in [3.63, 3.8) is 0 Å². The minimum Gasteiger partial charge on any atom is -0.490 e. The lowest BCUT2D eigenvalue weighted by molar-refractivity contribution is -0.385. The molecule has 0 saturated heterocycles. The molecule has 110 valence electrons. The van der Waals surface area contributed by atoms with E-state index in [0.717, 1.165) is 16.1 Å². The first-order chi connectivity index (χ1) is 10.2. The number of benzene rings is 2. The second-order valence-corrected chi connectivity index (χ2v) is 5.17. The molecular weight excluding hydrogens is 288 g/mol. The molecule has 0 unspecified atom stereocenters. The maximum Gasteiger partial charge on any atom is 0.311 e. The van der Waals surface area contributed by atoms with Gasteiger partial charge in [0, 0.05) is 23.2 Å². The van der Waals surface area contributed by atoms with Crippen LogP contribution in [0.3, 0.4) is 0 Å². The summed E-state index contributed by atoms with van der Waals surface area (Å²) in [6.07, 6.45) is 2.01. The van der Waals surface area contributed by atoms with Gasteiger partial charge in [-0.15, -0.1) is 11.8 Å². The number of hydrogen-bond acceptors (Lipinski definition) is 5. The van der Waals surface area contributed by atoms with Gasteiger partial charge in [-0.25, -0.2) is 0 Å². The number of nitro groups is 1. The third-order valence-corrected chi connectivity index (χ3v) is 3.83. The lowest BCUT2D eigenvalue weighted by Crippen LogP contribution is -2.02. The molecule has 2 aromatic rings. The molecular formula is C15H16N2O3S. The van der Waals surface area contributed by atoms with E-state index in [1.165, 1.54) is 13.2 Å². The number of rotatable bonds is 6. The summed E-state index contributed by atoms with van der Waals surface area (Å²) in [4.78, 5) is 11.7. The standard InChI is InChI=1S/C15H16N2O3S/c1-20-14-8-7-11(9-13(14)17(18)19)10-16-12-5-3-4-6-15(12)21-2/h3-9,16H,10H2,1-2H3. The number of nitro benzene ring substituents is 1. The van der Waals surface area contributed by atoms with Crippen LogP contribution in [0, 0.1) is 10.1 Å². The van der Waals surface area contributed by atoms with E-state index in [4.69, 9.17) is 4.74 Å². The zero-order chi connectivity index (χ0) is 15.2. The number of nitrogens with one attached hydrogen (secondary N) is 1. The van der Waals surface area contributed by atoms with E-state index in [0.29, 0.717) is 6.54 Å². The zero-order valence-corrected chi connectivity index (χ0v) is 12.6. The Morgan fingerprint density at radius 3 is 2.71 bits per heavy atom. The highest BCUT2D eigenvalue weighted by Crippen LogP contribution is 2.29. The van der Waals surface area contributed by atoms with Crippen LogP contribution in [0.5, 0.6) is 5.75 Å². The van der Waals surface area contributed by atoms with Crippen LogP contribution in [-0.2, 0) is 6.54 Å². The Morgan fingerprint density at radius 1 is 1.29 bits per heavy atom. The minimum atomic E-state index is -0.432. The predicted molar refractivity (Wildman–Crippen MR) is 85.2 cm³/mol. The second kappa shape index (κ2) is 6.99. The summed E-state index contributed by atoms with van der Waals surface area (Å²) in [5.74, 6) is 0.272. The van der Waals surface area contributed by atoms with E-state index in [2.05, 4.69) is 5.32 Å². The Kier molecular flexibility index (Phi) is 5.05. The Hall–Kier alpha value is -2.21. The van der Waals surface area contributed by atoms with Crippen molar-refractivity contribution >= 4 is 23.1 Å². The monoisotopic (exact) mass is 304 g/mol. The average molecular weight is 304 g/mol. The van der Waals surface area contributed by atoms with Gasteiger partial charge in [0.15, 0.2) is 5.75 Å². The molecule has 0 aliphatic rings. The smallest absolute Gasteiger partial charge is 0.311 e. The van der Waals surface area contributed by atoms with Crippen molar-refractivity contribution in [1.29, 1.82) is 0 Å². The molecule has 1 N–H and O–H groups in total. The minimum absolute atomic E-state index is 0.0186. The van der Waals surface area contributed by atoms with Crippen LogP contribution in [0.1, 0.15) is 5.56 Å². The van der Waals surface area contributed by atoms with Gasteiger partial charge in [0.05, 0.1) is 12.0 Å². The van der Waals surface area contributed by atoms with Gasteiger partial charge in [-0.05, 0) is 30.0 Å². The summed E-state index contributed by atoms with van der Waals surface area (Å²) in [7, 11) is 1.43. The molecule has 0 fully saturated rings. The Bertz CT molecular complexity index is 647. The van der Waals surface area contributed by atoms with Gasteiger partial charge in [0.25, 0.3) is 0 Å². The third kappa shape index (κ3) is 3.66. The van der Waals surface area contributed by atoms with Crippen molar-refractivity contribution in [3.8, 4) is 5.75 Å². The van der Waals surface area contributed by atoms with Crippen molar-refractivity contribution in [2.24, 2.45) is 0 Å². The van der Waals surface area contributed by atoms with Crippen molar-refractivity contribution in [3.05, 3.63) is 58.1 Å². The maximum absolute atomic E-state index is 11.0. The molecule has 21 heavy (non-hydrogen) atoms. The van der Waals surface area contributed by atoms with Crippen LogP contribution in [0.4, 0.5) is 11.4 Å². The Labute approximate surface area is 127 Å². The van der Waals surface area contributed by atoms with Gasteiger partial charge in [-0.1, -0.05) is 18.2 Å². The largest absolute Gasteiger partial charge is 0.490 e. The van der Waals surface area contributed by atoms with E-state index in [-0.39, 0.29) is 11.4 Å². The van der Waals surface area contributed by atoms with Gasteiger partial charge in [0.2, 0.25) is 0 Å². The van der Waals surface area contributed by atoms with Crippen molar-refractivity contribution in [1.82, 2.24) is 0 Å². The predicted octanol–water partition coefficient (Wildman–Crippen LogP) is 3.94. The van der Waals surface area contributed by atoms with Crippen molar-refractivity contribution < 1.29 is 9.66 Å². The second-order valence-electron chi connectivity index (χ2n) is 4.32. The van der Waals surface area contributed by atoms with Crippen LogP contribution < -0.4 is 10.1 Å². The lowest BCUT2D eigenvalue weighted by atomic mass is 10.2. The summed E-state index contributed by atoms with van der Waals surface area (Å²) in [6.45, 7) is 0.516. The normalized spacial score (nSPS) is 10.2. The Balaban J connectivity index is 2.17. The van der Waals surface area contributed by atoms with Crippen LogP contribution in [0.15, 0.2) is 47.4 Å². The molecule has 0 heterocycles. The number of hydrogen-bond donors (Lipinski definition) is 1. The number of methoxy groups -OCH3 is 1.